The molecule has 0 saturated heterocycles. The number of carbonyl (C=O) groups excluding carboxylic acids is 2. The number of hydrogen-bond acceptors (Lipinski definition) is 5. The number of fused-ring (bicyclic) bond motifs is 1. The summed E-state index contributed by atoms with van der Waals surface area (Å²) in [6.45, 7) is 3.73. The van der Waals surface area contributed by atoms with E-state index in [4.69, 9.17) is 0 Å². The molecule has 0 aromatic heterocycles. The van der Waals surface area contributed by atoms with Crippen LogP contribution in [0.25, 0.3) is 0 Å². The molecular formula is C15H18N2O5. The van der Waals surface area contributed by atoms with Crippen LogP contribution in [0, 0.1) is 10.1 Å². The lowest BCUT2D eigenvalue weighted by atomic mass is 9.79. The summed E-state index contributed by atoms with van der Waals surface area (Å²) >= 11 is 0. The van der Waals surface area contributed by atoms with E-state index in [0.717, 1.165) is 13.5 Å². The van der Waals surface area contributed by atoms with Crippen LogP contribution in [0.15, 0.2) is 12.1 Å². The van der Waals surface area contributed by atoms with Crippen molar-refractivity contribution in [3.8, 4) is 0 Å². The van der Waals surface area contributed by atoms with Crippen molar-refractivity contribution in [1.29, 1.82) is 0 Å². The highest BCUT2D eigenvalue weighted by atomic mass is 16.6. The Kier molecular flexibility index (Phi) is 3.91. The fourth-order valence-electron chi connectivity index (χ4n) is 3.06. The third-order valence-electron chi connectivity index (χ3n) is 4.20. The Labute approximate surface area is 128 Å². The van der Waals surface area contributed by atoms with Gasteiger partial charge in [0, 0.05) is 18.8 Å². The van der Waals surface area contributed by atoms with Gasteiger partial charge in [-0.1, -0.05) is 13.3 Å². The molecule has 0 fully saturated rings. The first-order valence-corrected chi connectivity index (χ1v) is 6.97. The number of anilines is 1. The molecule has 1 aliphatic heterocycles. The monoisotopic (exact) mass is 306 g/mol. The number of ether oxygens (including phenoxy) is 1. The second-order valence-electron chi connectivity index (χ2n) is 5.58. The number of hydrogen-bond donors (Lipinski definition) is 0. The summed E-state index contributed by atoms with van der Waals surface area (Å²) < 4.78 is 4.60. The zero-order valence-corrected chi connectivity index (χ0v) is 13.0. The highest BCUT2D eigenvalue weighted by Crippen LogP contribution is 2.46. The van der Waals surface area contributed by atoms with Gasteiger partial charge in [0.1, 0.15) is 5.56 Å². The minimum atomic E-state index is -0.807. The summed E-state index contributed by atoms with van der Waals surface area (Å²) in [5.41, 5.74) is -0.186. The van der Waals surface area contributed by atoms with E-state index < -0.39 is 16.3 Å². The zero-order valence-electron chi connectivity index (χ0n) is 13.0. The average Bonchev–Trinajstić information content (AvgIpc) is 2.67. The maximum absolute atomic E-state index is 12.5. The zero-order chi connectivity index (χ0) is 16.7. The summed E-state index contributed by atoms with van der Waals surface area (Å²) in [4.78, 5) is 36.4. The van der Waals surface area contributed by atoms with Crippen molar-refractivity contribution in [1.82, 2.24) is 0 Å². The van der Waals surface area contributed by atoms with Gasteiger partial charge in [0.25, 0.3) is 5.69 Å². The standard InChI is InChI=1S/C15H18N2O5/c1-5-6-15(2)10-8-11(17(20)21)9(13(18)22-4)7-12(10)16(3)14(15)19/h7-8H,5-6H2,1-4H3. The van der Waals surface area contributed by atoms with Gasteiger partial charge in [-0.05, 0) is 25.0 Å². The van der Waals surface area contributed by atoms with Gasteiger partial charge in [0.05, 0.1) is 17.4 Å². The first kappa shape index (κ1) is 15.9. The van der Waals surface area contributed by atoms with E-state index in [1.807, 2.05) is 6.92 Å². The Morgan fingerprint density at radius 3 is 2.59 bits per heavy atom. The number of nitrogens with zero attached hydrogens (tertiary/aromatic N) is 2. The number of rotatable bonds is 4. The molecule has 0 saturated carbocycles. The number of nitro groups is 1. The van der Waals surface area contributed by atoms with Crippen molar-refractivity contribution in [2.24, 2.45) is 0 Å². The van der Waals surface area contributed by atoms with Gasteiger partial charge in [-0.3, -0.25) is 14.9 Å². The predicted molar refractivity (Wildman–Crippen MR) is 80.1 cm³/mol. The third kappa shape index (κ3) is 2.13. The number of benzene rings is 1. The first-order chi connectivity index (χ1) is 10.3. The van der Waals surface area contributed by atoms with Gasteiger partial charge in [-0.2, -0.15) is 0 Å². The van der Waals surface area contributed by atoms with Crippen LogP contribution >= 0.6 is 0 Å². The maximum Gasteiger partial charge on any atom is 0.344 e. The van der Waals surface area contributed by atoms with Crippen molar-refractivity contribution < 1.29 is 19.2 Å². The Morgan fingerprint density at radius 1 is 1.45 bits per heavy atom. The quantitative estimate of drug-likeness (QED) is 0.484. The van der Waals surface area contributed by atoms with E-state index in [9.17, 15) is 19.7 Å². The summed E-state index contributed by atoms with van der Waals surface area (Å²) in [6.07, 6.45) is 1.35. The lowest BCUT2D eigenvalue weighted by Crippen LogP contribution is -2.35. The van der Waals surface area contributed by atoms with Gasteiger partial charge >= 0.3 is 5.97 Å². The Balaban J connectivity index is 2.74. The largest absolute Gasteiger partial charge is 0.465 e. The summed E-state index contributed by atoms with van der Waals surface area (Å²) in [6, 6.07) is 2.71. The molecule has 1 atom stereocenters. The van der Waals surface area contributed by atoms with Gasteiger partial charge in [0.15, 0.2) is 0 Å². The fraction of sp³-hybridized carbons (Fsp3) is 0.467. The van der Waals surface area contributed by atoms with E-state index in [1.54, 1.807) is 14.0 Å². The molecule has 1 unspecified atom stereocenters. The van der Waals surface area contributed by atoms with Crippen molar-refractivity contribution in [2.75, 3.05) is 19.1 Å². The molecule has 1 aliphatic rings. The molecule has 0 spiro atoms. The van der Waals surface area contributed by atoms with Crippen molar-refractivity contribution in [3.63, 3.8) is 0 Å². The molecule has 1 amide bonds. The second kappa shape index (κ2) is 5.40. The molecule has 1 heterocycles. The number of likely N-dealkylation sites (N-methyl/N-ethyl adjacent to an activating group) is 1. The molecule has 7 nitrogen and oxygen atoms in total. The van der Waals surface area contributed by atoms with E-state index in [2.05, 4.69) is 4.74 Å². The van der Waals surface area contributed by atoms with Crippen LogP contribution in [0.1, 0.15) is 42.6 Å². The Morgan fingerprint density at radius 2 is 2.09 bits per heavy atom. The highest BCUT2D eigenvalue weighted by molar-refractivity contribution is 6.09. The lowest BCUT2D eigenvalue weighted by Gasteiger charge is -2.22. The molecule has 22 heavy (non-hydrogen) atoms. The van der Waals surface area contributed by atoms with E-state index in [0.29, 0.717) is 17.7 Å². The van der Waals surface area contributed by atoms with E-state index >= 15 is 0 Å². The summed E-state index contributed by atoms with van der Waals surface area (Å²) in [7, 11) is 2.77. The molecule has 2 rings (SSSR count). The topological polar surface area (TPSA) is 89.8 Å². The molecule has 1 aromatic carbocycles. The molecule has 0 bridgehead atoms. The smallest absolute Gasteiger partial charge is 0.344 e. The van der Waals surface area contributed by atoms with Crippen molar-refractivity contribution >= 4 is 23.3 Å². The van der Waals surface area contributed by atoms with Crippen LogP contribution in [0.5, 0.6) is 0 Å². The van der Waals surface area contributed by atoms with Gasteiger partial charge < -0.3 is 9.64 Å². The van der Waals surface area contributed by atoms with Gasteiger partial charge in [-0.25, -0.2) is 4.79 Å². The van der Waals surface area contributed by atoms with E-state index in [1.165, 1.54) is 17.0 Å². The van der Waals surface area contributed by atoms with Crippen LogP contribution in [0.2, 0.25) is 0 Å². The molecule has 1 aromatic rings. The Hall–Kier alpha value is -2.44. The molecular weight excluding hydrogens is 288 g/mol. The second-order valence-corrected chi connectivity index (χ2v) is 5.58. The number of esters is 1. The lowest BCUT2D eigenvalue weighted by molar-refractivity contribution is -0.385. The number of carbonyl (C=O) groups is 2. The first-order valence-electron chi connectivity index (χ1n) is 6.97. The average molecular weight is 306 g/mol. The maximum atomic E-state index is 12.5. The van der Waals surface area contributed by atoms with Crippen LogP contribution in [0.3, 0.4) is 0 Å². The molecule has 0 N–H and O–H groups in total. The van der Waals surface area contributed by atoms with Gasteiger partial charge in [0.2, 0.25) is 5.91 Å². The molecule has 7 heteroatoms. The molecule has 0 aliphatic carbocycles. The summed E-state index contributed by atoms with van der Waals surface area (Å²) in [5, 5.41) is 11.3. The summed E-state index contributed by atoms with van der Waals surface area (Å²) in [5.74, 6) is -0.917. The highest BCUT2D eigenvalue weighted by Gasteiger charge is 2.47. The SMILES string of the molecule is CCCC1(C)C(=O)N(C)c2cc(C(=O)OC)c([N+](=O)[O-])cc21. The van der Waals surface area contributed by atoms with Crippen LogP contribution in [-0.4, -0.2) is 31.0 Å². The number of nitro benzene ring substituents is 1. The normalized spacial score (nSPS) is 20.0. The van der Waals surface area contributed by atoms with Crippen molar-refractivity contribution in [3.05, 3.63) is 33.4 Å². The molecule has 118 valence electrons. The fourth-order valence-corrected chi connectivity index (χ4v) is 3.06. The number of methoxy groups -OCH3 is 1. The minimum absolute atomic E-state index is 0.124. The number of amides is 1. The minimum Gasteiger partial charge on any atom is -0.465 e. The molecule has 0 radical (unpaired) electrons. The van der Waals surface area contributed by atoms with E-state index in [-0.39, 0.29) is 17.2 Å². The predicted octanol–water partition coefficient (Wildman–Crippen LogP) is 2.42. The third-order valence-corrected chi connectivity index (χ3v) is 4.20. The van der Waals surface area contributed by atoms with Crippen LogP contribution in [-0.2, 0) is 14.9 Å². The van der Waals surface area contributed by atoms with Crippen molar-refractivity contribution in [2.45, 2.75) is 32.1 Å². The van der Waals surface area contributed by atoms with Crippen LogP contribution in [0.4, 0.5) is 11.4 Å². The van der Waals surface area contributed by atoms with Crippen LogP contribution < -0.4 is 4.90 Å². The van der Waals surface area contributed by atoms with Gasteiger partial charge in [-0.15, -0.1) is 0 Å². The Bertz CT molecular complexity index is 670.